The summed E-state index contributed by atoms with van der Waals surface area (Å²) in [5.41, 5.74) is 0.916. The Kier molecular flexibility index (Phi) is 6.14. The van der Waals surface area contributed by atoms with E-state index < -0.39 is 5.97 Å². The van der Waals surface area contributed by atoms with Crippen molar-refractivity contribution in [2.75, 3.05) is 24.5 Å². The standard InChI is InChI=1S/C19H22N4O3/c24-18(26-14-15-5-2-1-3-6-15)12-22-19(25)16-7-4-10-23(13-16)17-11-20-8-9-21-17/h1-3,5-6,8-9,11,16H,4,7,10,12-14H2,(H,22,25)/t16-/m0/s1. The van der Waals surface area contributed by atoms with Crippen molar-refractivity contribution in [3.8, 4) is 0 Å². The van der Waals surface area contributed by atoms with Gasteiger partial charge in [0.25, 0.3) is 0 Å². The zero-order valence-corrected chi connectivity index (χ0v) is 14.5. The van der Waals surface area contributed by atoms with Crippen LogP contribution in [0.3, 0.4) is 0 Å². The summed E-state index contributed by atoms with van der Waals surface area (Å²) in [4.78, 5) is 34.6. The van der Waals surface area contributed by atoms with Crippen molar-refractivity contribution < 1.29 is 14.3 Å². The van der Waals surface area contributed by atoms with Crippen LogP contribution in [0.15, 0.2) is 48.9 Å². The number of hydrogen-bond acceptors (Lipinski definition) is 6. The molecule has 1 N–H and O–H groups in total. The molecule has 1 aromatic heterocycles. The molecule has 1 aliphatic rings. The summed E-state index contributed by atoms with van der Waals surface area (Å²) in [6.07, 6.45) is 6.65. The Hall–Kier alpha value is -2.96. The lowest BCUT2D eigenvalue weighted by atomic mass is 9.97. The van der Waals surface area contributed by atoms with Crippen LogP contribution in [0.4, 0.5) is 5.82 Å². The first-order valence-corrected chi connectivity index (χ1v) is 8.70. The van der Waals surface area contributed by atoms with Gasteiger partial charge < -0.3 is 15.0 Å². The van der Waals surface area contributed by atoms with Crippen molar-refractivity contribution in [2.24, 2.45) is 5.92 Å². The average molecular weight is 354 g/mol. The number of piperidine rings is 1. The Bertz CT molecular complexity index is 724. The number of nitrogens with zero attached hydrogens (tertiary/aromatic N) is 3. The molecule has 1 amide bonds. The minimum atomic E-state index is -0.441. The summed E-state index contributed by atoms with van der Waals surface area (Å²) < 4.78 is 5.17. The van der Waals surface area contributed by atoms with Crippen molar-refractivity contribution in [2.45, 2.75) is 19.4 Å². The van der Waals surface area contributed by atoms with Gasteiger partial charge in [0, 0.05) is 25.5 Å². The molecule has 0 aliphatic carbocycles. The third-order valence-corrected chi connectivity index (χ3v) is 4.32. The first-order chi connectivity index (χ1) is 12.7. The van der Waals surface area contributed by atoms with Gasteiger partial charge in [-0.2, -0.15) is 0 Å². The normalized spacial score (nSPS) is 16.8. The maximum Gasteiger partial charge on any atom is 0.325 e. The second kappa shape index (κ2) is 8.94. The molecule has 1 atom stereocenters. The van der Waals surface area contributed by atoms with Crippen molar-refractivity contribution in [1.29, 1.82) is 0 Å². The van der Waals surface area contributed by atoms with Crippen LogP contribution in [-0.4, -0.2) is 41.5 Å². The highest BCUT2D eigenvalue weighted by Crippen LogP contribution is 2.20. The molecule has 2 aromatic rings. The number of rotatable bonds is 6. The number of carbonyl (C=O) groups excluding carboxylic acids is 2. The minimum Gasteiger partial charge on any atom is -0.460 e. The lowest BCUT2D eigenvalue weighted by Gasteiger charge is -2.32. The second-order valence-electron chi connectivity index (χ2n) is 6.21. The van der Waals surface area contributed by atoms with Crippen LogP contribution >= 0.6 is 0 Å². The van der Waals surface area contributed by atoms with Crippen LogP contribution < -0.4 is 10.2 Å². The van der Waals surface area contributed by atoms with E-state index in [1.807, 2.05) is 30.3 Å². The molecule has 0 bridgehead atoms. The Morgan fingerprint density at radius 3 is 2.85 bits per heavy atom. The van der Waals surface area contributed by atoms with Crippen molar-refractivity contribution in [1.82, 2.24) is 15.3 Å². The molecular weight excluding hydrogens is 332 g/mol. The maximum atomic E-state index is 12.4. The lowest BCUT2D eigenvalue weighted by Crippen LogP contribution is -2.44. The van der Waals surface area contributed by atoms with E-state index in [-0.39, 0.29) is 25.0 Å². The SMILES string of the molecule is O=C(CNC(=O)[C@H]1CCCN(c2cnccn2)C1)OCc1ccccc1. The van der Waals surface area contributed by atoms with Crippen molar-refractivity contribution in [3.63, 3.8) is 0 Å². The summed E-state index contributed by atoms with van der Waals surface area (Å²) in [5.74, 6) is 0.0268. The summed E-state index contributed by atoms with van der Waals surface area (Å²) in [6.45, 7) is 1.51. The third-order valence-electron chi connectivity index (χ3n) is 4.32. The highest BCUT2D eigenvalue weighted by Gasteiger charge is 2.26. The van der Waals surface area contributed by atoms with Gasteiger partial charge in [-0.15, -0.1) is 0 Å². The summed E-state index contributed by atoms with van der Waals surface area (Å²) in [7, 11) is 0. The monoisotopic (exact) mass is 354 g/mol. The zero-order valence-electron chi connectivity index (χ0n) is 14.5. The molecule has 26 heavy (non-hydrogen) atoms. The number of carbonyl (C=O) groups is 2. The fraction of sp³-hybridized carbons (Fsp3) is 0.368. The summed E-state index contributed by atoms with van der Waals surface area (Å²) in [5, 5.41) is 2.68. The Morgan fingerprint density at radius 2 is 2.08 bits per heavy atom. The van der Waals surface area contributed by atoms with Crippen LogP contribution in [0, 0.1) is 5.92 Å². The van der Waals surface area contributed by atoms with Gasteiger partial charge in [0.1, 0.15) is 19.0 Å². The molecule has 1 aliphatic heterocycles. The number of amides is 1. The van der Waals surface area contributed by atoms with E-state index in [2.05, 4.69) is 20.2 Å². The molecule has 0 spiro atoms. The Balaban J connectivity index is 1.43. The predicted molar refractivity (Wildman–Crippen MR) is 96.2 cm³/mol. The molecule has 1 fully saturated rings. The van der Waals surface area contributed by atoms with Gasteiger partial charge in [0.2, 0.25) is 5.91 Å². The van der Waals surface area contributed by atoms with E-state index in [9.17, 15) is 9.59 Å². The van der Waals surface area contributed by atoms with Gasteiger partial charge in [-0.25, -0.2) is 4.98 Å². The van der Waals surface area contributed by atoms with Crippen LogP contribution in [0.1, 0.15) is 18.4 Å². The van der Waals surface area contributed by atoms with E-state index in [1.165, 1.54) is 0 Å². The molecule has 7 heteroatoms. The summed E-state index contributed by atoms with van der Waals surface area (Å²) in [6, 6.07) is 9.44. The number of aromatic nitrogens is 2. The van der Waals surface area contributed by atoms with E-state index in [4.69, 9.17) is 4.74 Å². The molecule has 3 rings (SSSR count). The molecule has 2 heterocycles. The Morgan fingerprint density at radius 1 is 1.23 bits per heavy atom. The smallest absolute Gasteiger partial charge is 0.325 e. The molecule has 0 saturated carbocycles. The molecule has 7 nitrogen and oxygen atoms in total. The van der Waals surface area contributed by atoms with E-state index >= 15 is 0 Å². The van der Waals surface area contributed by atoms with E-state index in [0.717, 1.165) is 30.8 Å². The van der Waals surface area contributed by atoms with Gasteiger partial charge in [0.15, 0.2) is 0 Å². The zero-order chi connectivity index (χ0) is 18.2. The largest absolute Gasteiger partial charge is 0.460 e. The molecule has 1 saturated heterocycles. The third kappa shape index (κ3) is 5.02. The van der Waals surface area contributed by atoms with Gasteiger partial charge in [-0.05, 0) is 18.4 Å². The number of esters is 1. The van der Waals surface area contributed by atoms with E-state index in [1.54, 1.807) is 18.6 Å². The van der Waals surface area contributed by atoms with Crippen LogP contribution in [0.25, 0.3) is 0 Å². The summed E-state index contributed by atoms with van der Waals surface area (Å²) >= 11 is 0. The average Bonchev–Trinajstić information content (AvgIpc) is 2.72. The molecule has 136 valence electrons. The highest BCUT2D eigenvalue weighted by molar-refractivity contribution is 5.84. The van der Waals surface area contributed by atoms with Crippen molar-refractivity contribution >= 4 is 17.7 Å². The second-order valence-corrected chi connectivity index (χ2v) is 6.21. The molecule has 0 radical (unpaired) electrons. The van der Waals surface area contributed by atoms with Crippen LogP contribution in [-0.2, 0) is 20.9 Å². The first-order valence-electron chi connectivity index (χ1n) is 8.70. The highest BCUT2D eigenvalue weighted by atomic mass is 16.5. The quantitative estimate of drug-likeness (QED) is 0.793. The molecule has 0 unspecified atom stereocenters. The number of hydrogen-bond donors (Lipinski definition) is 1. The lowest BCUT2D eigenvalue weighted by molar-refractivity contribution is -0.145. The van der Waals surface area contributed by atoms with Gasteiger partial charge in [-0.1, -0.05) is 30.3 Å². The Labute approximate surface area is 152 Å². The van der Waals surface area contributed by atoms with Gasteiger partial charge in [-0.3, -0.25) is 14.6 Å². The first kappa shape index (κ1) is 17.8. The van der Waals surface area contributed by atoms with Gasteiger partial charge >= 0.3 is 5.97 Å². The van der Waals surface area contributed by atoms with Gasteiger partial charge in [0.05, 0.1) is 12.1 Å². The van der Waals surface area contributed by atoms with Crippen LogP contribution in [0.5, 0.6) is 0 Å². The fourth-order valence-corrected chi connectivity index (χ4v) is 2.95. The van der Waals surface area contributed by atoms with Crippen LogP contribution in [0.2, 0.25) is 0 Å². The molecular formula is C19H22N4O3. The maximum absolute atomic E-state index is 12.4. The van der Waals surface area contributed by atoms with E-state index in [0.29, 0.717) is 6.54 Å². The fourth-order valence-electron chi connectivity index (χ4n) is 2.95. The minimum absolute atomic E-state index is 0.118. The number of nitrogens with one attached hydrogen (secondary N) is 1. The number of ether oxygens (including phenoxy) is 1. The number of anilines is 1. The molecule has 1 aromatic carbocycles. The predicted octanol–water partition coefficient (Wildman–Crippen LogP) is 1.55. The van der Waals surface area contributed by atoms with Crippen molar-refractivity contribution in [3.05, 3.63) is 54.5 Å². The topological polar surface area (TPSA) is 84.4 Å². The number of benzene rings is 1.